The molecule has 0 aliphatic rings. The lowest BCUT2D eigenvalue weighted by Gasteiger charge is -2.07. The lowest BCUT2D eigenvalue weighted by atomic mass is 10.1. The molecule has 2 rings (SSSR count). The van der Waals surface area contributed by atoms with Gasteiger partial charge in [-0.1, -0.05) is 36.4 Å². The van der Waals surface area contributed by atoms with Crippen LogP contribution in [-0.2, 0) is 6.42 Å². The van der Waals surface area contributed by atoms with E-state index in [-0.39, 0.29) is 5.91 Å². The summed E-state index contributed by atoms with van der Waals surface area (Å²) in [6.45, 7) is 4.79. The summed E-state index contributed by atoms with van der Waals surface area (Å²) in [5.41, 5.74) is 4.42. The number of amides is 1. The van der Waals surface area contributed by atoms with Gasteiger partial charge in [0.1, 0.15) is 0 Å². The molecule has 0 spiro atoms. The summed E-state index contributed by atoms with van der Waals surface area (Å²) in [6, 6.07) is 16.2. The minimum Gasteiger partial charge on any atom is -0.352 e. The van der Waals surface area contributed by atoms with Gasteiger partial charge in [-0.05, 0) is 55.5 Å². The standard InChI is InChI=1S/C18H21NO/c1-14-10-11-17(13-15(14)2)18(20)19-12-6-9-16-7-4-3-5-8-16/h3-5,7-8,10-11,13H,6,9,12H2,1-2H3,(H,19,20). The number of hydrogen-bond acceptors (Lipinski definition) is 1. The predicted molar refractivity (Wildman–Crippen MR) is 83.0 cm³/mol. The topological polar surface area (TPSA) is 29.1 Å². The van der Waals surface area contributed by atoms with Crippen molar-refractivity contribution < 1.29 is 4.79 Å². The third kappa shape index (κ3) is 3.95. The Labute approximate surface area is 120 Å². The van der Waals surface area contributed by atoms with Crippen molar-refractivity contribution in [2.24, 2.45) is 0 Å². The maximum absolute atomic E-state index is 12.0. The number of benzene rings is 2. The van der Waals surface area contributed by atoms with Gasteiger partial charge in [0.2, 0.25) is 0 Å². The van der Waals surface area contributed by atoms with Crippen molar-refractivity contribution in [2.45, 2.75) is 26.7 Å². The fraction of sp³-hybridized carbons (Fsp3) is 0.278. The summed E-state index contributed by atoms with van der Waals surface area (Å²) in [7, 11) is 0. The largest absolute Gasteiger partial charge is 0.352 e. The number of nitrogens with one attached hydrogen (secondary N) is 1. The second kappa shape index (κ2) is 6.90. The molecule has 2 heteroatoms. The normalized spacial score (nSPS) is 10.3. The molecule has 1 N–H and O–H groups in total. The number of aryl methyl sites for hydroxylation is 3. The first-order chi connectivity index (χ1) is 9.66. The van der Waals surface area contributed by atoms with Gasteiger partial charge in [-0.3, -0.25) is 4.79 Å². The van der Waals surface area contributed by atoms with Crippen LogP contribution in [0, 0.1) is 13.8 Å². The molecule has 0 heterocycles. The van der Waals surface area contributed by atoms with Crippen molar-refractivity contribution in [3.8, 4) is 0 Å². The maximum Gasteiger partial charge on any atom is 0.251 e. The van der Waals surface area contributed by atoms with Crippen molar-refractivity contribution in [1.82, 2.24) is 5.32 Å². The molecule has 104 valence electrons. The fourth-order valence-electron chi connectivity index (χ4n) is 2.12. The van der Waals surface area contributed by atoms with Gasteiger partial charge in [-0.25, -0.2) is 0 Å². The van der Waals surface area contributed by atoms with Crippen LogP contribution in [0.4, 0.5) is 0 Å². The first-order valence-electron chi connectivity index (χ1n) is 7.06. The van der Waals surface area contributed by atoms with E-state index in [0.29, 0.717) is 6.54 Å². The molecule has 0 unspecified atom stereocenters. The maximum atomic E-state index is 12.0. The van der Waals surface area contributed by atoms with Gasteiger partial charge in [0.15, 0.2) is 0 Å². The highest BCUT2D eigenvalue weighted by atomic mass is 16.1. The van der Waals surface area contributed by atoms with Crippen molar-refractivity contribution in [2.75, 3.05) is 6.54 Å². The quantitative estimate of drug-likeness (QED) is 0.823. The molecule has 0 atom stereocenters. The molecule has 2 aromatic rings. The molecule has 2 aromatic carbocycles. The zero-order chi connectivity index (χ0) is 14.4. The second-order valence-corrected chi connectivity index (χ2v) is 5.14. The SMILES string of the molecule is Cc1ccc(C(=O)NCCCc2ccccc2)cc1C. The zero-order valence-corrected chi connectivity index (χ0v) is 12.1. The highest BCUT2D eigenvalue weighted by Crippen LogP contribution is 2.09. The Morgan fingerprint density at radius 2 is 1.75 bits per heavy atom. The van der Waals surface area contributed by atoms with Crippen molar-refractivity contribution in [1.29, 1.82) is 0 Å². The number of rotatable bonds is 5. The molecule has 1 amide bonds. The lowest BCUT2D eigenvalue weighted by molar-refractivity contribution is 0.0953. The van der Waals surface area contributed by atoms with E-state index in [1.807, 2.05) is 43.3 Å². The van der Waals surface area contributed by atoms with E-state index in [4.69, 9.17) is 0 Å². The molecule has 0 radical (unpaired) electrons. The Morgan fingerprint density at radius 1 is 1.00 bits per heavy atom. The van der Waals surface area contributed by atoms with Gasteiger partial charge in [0.25, 0.3) is 5.91 Å². The van der Waals surface area contributed by atoms with Crippen LogP contribution >= 0.6 is 0 Å². The van der Waals surface area contributed by atoms with Crippen LogP contribution in [-0.4, -0.2) is 12.5 Å². The van der Waals surface area contributed by atoms with Crippen LogP contribution in [0.15, 0.2) is 48.5 Å². The van der Waals surface area contributed by atoms with Gasteiger partial charge in [-0.2, -0.15) is 0 Å². The summed E-state index contributed by atoms with van der Waals surface area (Å²) in [6.07, 6.45) is 1.95. The Bertz CT molecular complexity index is 575. The van der Waals surface area contributed by atoms with E-state index in [1.54, 1.807) is 0 Å². The first kappa shape index (κ1) is 14.3. The highest BCUT2D eigenvalue weighted by molar-refractivity contribution is 5.94. The third-order valence-corrected chi connectivity index (χ3v) is 3.54. The summed E-state index contributed by atoms with van der Waals surface area (Å²) in [4.78, 5) is 12.0. The van der Waals surface area contributed by atoms with E-state index < -0.39 is 0 Å². The van der Waals surface area contributed by atoms with Crippen molar-refractivity contribution in [3.05, 3.63) is 70.8 Å². The summed E-state index contributed by atoms with van der Waals surface area (Å²) < 4.78 is 0. The Morgan fingerprint density at radius 3 is 2.45 bits per heavy atom. The minimum atomic E-state index is 0.0150. The predicted octanol–water partition coefficient (Wildman–Crippen LogP) is 3.67. The average Bonchev–Trinajstić information content (AvgIpc) is 2.47. The molecule has 0 aliphatic carbocycles. The number of hydrogen-bond donors (Lipinski definition) is 1. The summed E-state index contributed by atoms with van der Waals surface area (Å²) in [5.74, 6) is 0.0150. The fourth-order valence-corrected chi connectivity index (χ4v) is 2.12. The van der Waals surface area contributed by atoms with Crippen LogP contribution < -0.4 is 5.32 Å². The van der Waals surface area contributed by atoms with Gasteiger partial charge < -0.3 is 5.32 Å². The smallest absolute Gasteiger partial charge is 0.251 e. The molecule has 0 aliphatic heterocycles. The second-order valence-electron chi connectivity index (χ2n) is 5.14. The molecular weight excluding hydrogens is 246 g/mol. The first-order valence-corrected chi connectivity index (χ1v) is 7.06. The molecular formula is C18H21NO. The molecule has 0 saturated carbocycles. The molecule has 0 bridgehead atoms. The summed E-state index contributed by atoms with van der Waals surface area (Å²) >= 11 is 0. The van der Waals surface area contributed by atoms with Crippen LogP contribution in [0.5, 0.6) is 0 Å². The number of carbonyl (C=O) groups excluding carboxylic acids is 1. The van der Waals surface area contributed by atoms with Crippen LogP contribution in [0.1, 0.15) is 33.5 Å². The number of carbonyl (C=O) groups is 1. The molecule has 0 aromatic heterocycles. The Hall–Kier alpha value is -2.09. The van der Waals surface area contributed by atoms with Crippen molar-refractivity contribution in [3.63, 3.8) is 0 Å². The van der Waals surface area contributed by atoms with Crippen molar-refractivity contribution >= 4 is 5.91 Å². The Kier molecular flexibility index (Phi) is 4.94. The van der Waals surface area contributed by atoms with E-state index in [2.05, 4.69) is 24.4 Å². The van der Waals surface area contributed by atoms with Gasteiger partial charge in [0, 0.05) is 12.1 Å². The van der Waals surface area contributed by atoms with E-state index in [0.717, 1.165) is 24.0 Å². The third-order valence-electron chi connectivity index (χ3n) is 3.54. The zero-order valence-electron chi connectivity index (χ0n) is 12.1. The monoisotopic (exact) mass is 267 g/mol. The van der Waals surface area contributed by atoms with Crippen LogP contribution in [0.25, 0.3) is 0 Å². The van der Waals surface area contributed by atoms with E-state index in [1.165, 1.54) is 11.1 Å². The van der Waals surface area contributed by atoms with E-state index in [9.17, 15) is 4.79 Å². The minimum absolute atomic E-state index is 0.0150. The van der Waals surface area contributed by atoms with Crippen LogP contribution in [0.3, 0.4) is 0 Å². The van der Waals surface area contributed by atoms with Gasteiger partial charge >= 0.3 is 0 Å². The molecule has 2 nitrogen and oxygen atoms in total. The molecule has 20 heavy (non-hydrogen) atoms. The summed E-state index contributed by atoms with van der Waals surface area (Å²) in [5, 5.41) is 2.98. The van der Waals surface area contributed by atoms with E-state index >= 15 is 0 Å². The van der Waals surface area contributed by atoms with Gasteiger partial charge in [0.05, 0.1) is 0 Å². The highest BCUT2D eigenvalue weighted by Gasteiger charge is 2.05. The lowest BCUT2D eigenvalue weighted by Crippen LogP contribution is -2.24. The molecule has 0 fully saturated rings. The van der Waals surface area contributed by atoms with Gasteiger partial charge in [-0.15, -0.1) is 0 Å². The van der Waals surface area contributed by atoms with Crippen LogP contribution in [0.2, 0.25) is 0 Å². The Balaban J connectivity index is 1.79. The average molecular weight is 267 g/mol. The molecule has 0 saturated heterocycles.